The van der Waals surface area contributed by atoms with Gasteiger partial charge >= 0.3 is 0 Å². The van der Waals surface area contributed by atoms with Gasteiger partial charge in [-0.25, -0.2) is 13.1 Å². The summed E-state index contributed by atoms with van der Waals surface area (Å²) in [5, 5.41) is -0.120. The summed E-state index contributed by atoms with van der Waals surface area (Å²) < 4.78 is 27.5. The van der Waals surface area contributed by atoms with Gasteiger partial charge in [0.1, 0.15) is 0 Å². The summed E-state index contributed by atoms with van der Waals surface area (Å²) in [5.74, 6) is 0. The van der Waals surface area contributed by atoms with E-state index < -0.39 is 10.0 Å². The lowest BCUT2D eigenvalue weighted by Gasteiger charge is -2.21. The summed E-state index contributed by atoms with van der Waals surface area (Å²) in [5.41, 5.74) is 0. The summed E-state index contributed by atoms with van der Waals surface area (Å²) in [6.45, 7) is 0.613. The molecule has 1 rings (SSSR count). The van der Waals surface area contributed by atoms with E-state index in [4.69, 9.17) is 0 Å². The highest BCUT2D eigenvalue weighted by Crippen LogP contribution is 2.22. The van der Waals surface area contributed by atoms with Gasteiger partial charge in [-0.1, -0.05) is 41.9 Å². The quantitative estimate of drug-likeness (QED) is 0.457. The monoisotopic (exact) mass is 345 g/mol. The first kappa shape index (κ1) is 13.7. The van der Waals surface area contributed by atoms with Gasteiger partial charge in [0.05, 0.1) is 5.25 Å². The number of nitrogens with one attached hydrogen (secondary N) is 1. The van der Waals surface area contributed by atoms with Crippen molar-refractivity contribution < 1.29 is 8.42 Å². The van der Waals surface area contributed by atoms with Crippen LogP contribution < -0.4 is 4.72 Å². The fourth-order valence-electron chi connectivity index (χ4n) is 1.93. The number of unbranched alkanes of at least 4 members (excludes halogenated alkanes) is 1. The van der Waals surface area contributed by atoms with E-state index in [1.807, 2.05) is 0 Å². The Morgan fingerprint density at radius 1 is 1.13 bits per heavy atom. The molecule has 5 heteroatoms. The van der Waals surface area contributed by atoms with Crippen LogP contribution in [0.15, 0.2) is 0 Å². The van der Waals surface area contributed by atoms with Crippen molar-refractivity contribution in [1.82, 2.24) is 4.72 Å². The van der Waals surface area contributed by atoms with Crippen molar-refractivity contribution in [2.45, 2.75) is 50.2 Å². The molecule has 1 saturated carbocycles. The van der Waals surface area contributed by atoms with E-state index in [1.165, 1.54) is 6.42 Å². The summed E-state index contributed by atoms with van der Waals surface area (Å²) in [6, 6.07) is 0. The van der Waals surface area contributed by atoms with Gasteiger partial charge in [0.25, 0.3) is 0 Å². The van der Waals surface area contributed by atoms with Gasteiger partial charge in [-0.2, -0.15) is 0 Å². The SMILES string of the molecule is O=S(=O)(NCCCCI)C1CCCCC1. The summed E-state index contributed by atoms with van der Waals surface area (Å²) >= 11 is 2.31. The molecule has 0 amide bonds. The van der Waals surface area contributed by atoms with E-state index in [-0.39, 0.29) is 5.25 Å². The molecule has 0 radical (unpaired) electrons. The lowest BCUT2D eigenvalue weighted by molar-refractivity contribution is 0.477. The minimum Gasteiger partial charge on any atom is -0.215 e. The second kappa shape index (κ2) is 7.06. The first-order valence-electron chi connectivity index (χ1n) is 5.71. The maximum atomic E-state index is 11.8. The van der Waals surface area contributed by atoms with Gasteiger partial charge < -0.3 is 0 Å². The molecule has 0 aromatic heterocycles. The van der Waals surface area contributed by atoms with Crippen LogP contribution in [0.2, 0.25) is 0 Å². The molecule has 0 saturated heterocycles. The van der Waals surface area contributed by atoms with E-state index in [2.05, 4.69) is 27.3 Å². The van der Waals surface area contributed by atoms with Crippen molar-refractivity contribution in [2.75, 3.05) is 11.0 Å². The summed E-state index contributed by atoms with van der Waals surface area (Å²) in [4.78, 5) is 0. The zero-order valence-electron chi connectivity index (χ0n) is 9.04. The normalized spacial score (nSPS) is 19.3. The first-order valence-corrected chi connectivity index (χ1v) is 8.78. The van der Waals surface area contributed by atoms with Crippen LogP contribution in [-0.2, 0) is 10.0 Å². The lowest BCUT2D eigenvalue weighted by atomic mass is 10.0. The molecule has 15 heavy (non-hydrogen) atoms. The highest BCUT2D eigenvalue weighted by molar-refractivity contribution is 14.1. The number of rotatable bonds is 6. The van der Waals surface area contributed by atoms with Gasteiger partial charge in [0.15, 0.2) is 0 Å². The highest BCUT2D eigenvalue weighted by Gasteiger charge is 2.26. The van der Waals surface area contributed by atoms with Crippen molar-refractivity contribution in [3.05, 3.63) is 0 Å². The zero-order valence-corrected chi connectivity index (χ0v) is 12.0. The van der Waals surface area contributed by atoms with E-state index >= 15 is 0 Å². The second-order valence-corrected chi connectivity index (χ2v) is 7.22. The van der Waals surface area contributed by atoms with Gasteiger partial charge in [0, 0.05) is 6.54 Å². The molecule has 0 aromatic rings. The number of halogens is 1. The van der Waals surface area contributed by atoms with E-state index in [0.29, 0.717) is 6.54 Å². The van der Waals surface area contributed by atoms with Crippen LogP contribution >= 0.6 is 22.6 Å². The van der Waals surface area contributed by atoms with Gasteiger partial charge in [0.2, 0.25) is 10.0 Å². The maximum Gasteiger partial charge on any atom is 0.214 e. The largest absolute Gasteiger partial charge is 0.215 e. The van der Waals surface area contributed by atoms with Crippen molar-refractivity contribution in [2.24, 2.45) is 0 Å². The molecule has 90 valence electrons. The molecular formula is C10H20INO2S. The Kier molecular flexibility index (Phi) is 6.45. The Hall–Kier alpha value is 0.640. The Bertz CT molecular complexity index is 261. The fraction of sp³-hybridized carbons (Fsp3) is 1.00. The minimum atomic E-state index is -3.02. The molecule has 1 N–H and O–H groups in total. The van der Waals surface area contributed by atoms with Crippen molar-refractivity contribution in [1.29, 1.82) is 0 Å². The molecule has 1 aliphatic carbocycles. The molecule has 0 unspecified atom stereocenters. The topological polar surface area (TPSA) is 46.2 Å². The molecule has 0 spiro atoms. The lowest BCUT2D eigenvalue weighted by Crippen LogP contribution is -2.36. The van der Waals surface area contributed by atoms with Crippen LogP contribution in [0, 0.1) is 0 Å². The maximum absolute atomic E-state index is 11.8. The number of hydrogen-bond acceptors (Lipinski definition) is 2. The molecule has 0 aromatic carbocycles. The van der Waals surface area contributed by atoms with E-state index in [0.717, 1.165) is 43.0 Å². The minimum absolute atomic E-state index is 0.120. The average Bonchev–Trinajstić information content (AvgIpc) is 2.26. The van der Waals surface area contributed by atoms with Crippen LogP contribution in [-0.4, -0.2) is 24.6 Å². The van der Waals surface area contributed by atoms with Crippen LogP contribution in [0.4, 0.5) is 0 Å². The third kappa shape index (κ3) is 4.99. The summed E-state index contributed by atoms with van der Waals surface area (Å²) in [6.07, 6.45) is 7.07. The van der Waals surface area contributed by atoms with E-state index in [9.17, 15) is 8.42 Å². The van der Waals surface area contributed by atoms with Crippen LogP contribution in [0.1, 0.15) is 44.9 Å². The Labute approximate surface area is 107 Å². The molecular weight excluding hydrogens is 325 g/mol. The molecule has 0 atom stereocenters. The second-order valence-electron chi connectivity index (χ2n) is 4.10. The third-order valence-electron chi connectivity index (χ3n) is 2.85. The predicted octanol–water partition coefficient (Wildman–Crippen LogP) is 2.45. The van der Waals surface area contributed by atoms with Gasteiger partial charge in [-0.05, 0) is 30.1 Å². The van der Waals surface area contributed by atoms with Crippen LogP contribution in [0.25, 0.3) is 0 Å². The van der Waals surface area contributed by atoms with Crippen molar-refractivity contribution in [3.8, 4) is 0 Å². The number of hydrogen-bond donors (Lipinski definition) is 1. The molecule has 0 aliphatic heterocycles. The molecule has 0 bridgehead atoms. The van der Waals surface area contributed by atoms with Crippen molar-refractivity contribution >= 4 is 32.6 Å². The average molecular weight is 345 g/mol. The summed E-state index contributed by atoms with van der Waals surface area (Å²) in [7, 11) is -3.02. The van der Waals surface area contributed by atoms with Crippen LogP contribution in [0.5, 0.6) is 0 Å². The third-order valence-corrected chi connectivity index (χ3v) is 5.57. The number of sulfonamides is 1. The standard InChI is InChI=1S/C10H20INO2S/c11-8-4-5-9-12-15(13,14)10-6-2-1-3-7-10/h10,12H,1-9H2. The van der Waals surface area contributed by atoms with Gasteiger partial charge in [-0.3, -0.25) is 0 Å². The fourth-order valence-corrected chi connectivity index (χ4v) is 4.09. The smallest absolute Gasteiger partial charge is 0.214 e. The van der Waals surface area contributed by atoms with Gasteiger partial charge in [-0.15, -0.1) is 0 Å². The molecule has 0 heterocycles. The zero-order chi connectivity index (χ0) is 11.1. The molecule has 1 fully saturated rings. The van der Waals surface area contributed by atoms with E-state index in [1.54, 1.807) is 0 Å². The Balaban J connectivity index is 2.30. The number of alkyl halides is 1. The first-order chi connectivity index (χ1) is 7.17. The molecule has 3 nitrogen and oxygen atoms in total. The predicted molar refractivity (Wildman–Crippen MR) is 71.9 cm³/mol. The highest BCUT2D eigenvalue weighted by atomic mass is 127. The van der Waals surface area contributed by atoms with Crippen LogP contribution in [0.3, 0.4) is 0 Å². The Morgan fingerprint density at radius 2 is 1.80 bits per heavy atom. The van der Waals surface area contributed by atoms with Crippen molar-refractivity contribution in [3.63, 3.8) is 0 Å². The Morgan fingerprint density at radius 3 is 2.40 bits per heavy atom. The molecule has 1 aliphatic rings.